The number of hydrogen-bond acceptors (Lipinski definition) is 3. The number of carbonyl (C=O) groups excluding carboxylic acids is 1. The molecule has 2 N–H and O–H groups in total. The summed E-state index contributed by atoms with van der Waals surface area (Å²) in [7, 11) is 1.77. The van der Waals surface area contributed by atoms with E-state index in [2.05, 4.69) is 22.1 Å². The van der Waals surface area contributed by atoms with Crippen molar-refractivity contribution in [3.8, 4) is 0 Å². The Morgan fingerprint density at radius 1 is 1.64 bits per heavy atom. The number of likely N-dealkylation sites (N-methyl/N-ethyl adjacent to an activating group) is 1. The van der Waals surface area contributed by atoms with Gasteiger partial charge in [-0.3, -0.25) is 4.79 Å². The fourth-order valence-corrected chi connectivity index (χ4v) is 2.10. The lowest BCUT2D eigenvalue weighted by Gasteiger charge is -2.12. The van der Waals surface area contributed by atoms with E-state index in [4.69, 9.17) is 0 Å². The maximum Gasteiger partial charge on any atom is 0.234 e. The molecule has 0 aromatic carbocycles. The second-order valence-electron chi connectivity index (χ2n) is 3.28. The van der Waals surface area contributed by atoms with E-state index in [0.29, 0.717) is 6.54 Å². The Balaban J connectivity index is 2.29. The molecule has 1 unspecified atom stereocenters. The molecule has 4 heteroatoms. The van der Waals surface area contributed by atoms with Crippen LogP contribution < -0.4 is 10.6 Å². The zero-order valence-electron chi connectivity index (χ0n) is 8.54. The Morgan fingerprint density at radius 2 is 2.43 bits per heavy atom. The minimum atomic E-state index is 0.0524. The average Bonchev–Trinajstić information content (AvgIpc) is 2.56. The number of carbonyl (C=O) groups is 1. The average molecular weight is 212 g/mol. The highest BCUT2D eigenvalue weighted by molar-refractivity contribution is 7.09. The van der Waals surface area contributed by atoms with Crippen LogP contribution in [0.4, 0.5) is 0 Å². The van der Waals surface area contributed by atoms with Crippen LogP contribution in [0.2, 0.25) is 0 Å². The number of nitrogens with one attached hydrogen (secondary N) is 2. The summed E-state index contributed by atoms with van der Waals surface area (Å²) in [6, 6.07) is 4.32. The maximum absolute atomic E-state index is 11.2. The van der Waals surface area contributed by atoms with Crippen LogP contribution in [0.5, 0.6) is 0 Å². The third-order valence-electron chi connectivity index (χ3n) is 1.83. The molecule has 0 aliphatic heterocycles. The van der Waals surface area contributed by atoms with Gasteiger partial charge in [0, 0.05) is 17.3 Å². The third kappa shape index (κ3) is 3.89. The van der Waals surface area contributed by atoms with Gasteiger partial charge in [-0.25, -0.2) is 0 Å². The molecule has 0 saturated heterocycles. The minimum Gasteiger partial charge on any atom is -0.352 e. The molecule has 0 aliphatic carbocycles. The first kappa shape index (κ1) is 11.2. The van der Waals surface area contributed by atoms with E-state index < -0.39 is 0 Å². The standard InChI is InChI=1S/C10H16N2OS/c1-8(12-10(13)7-11-2)6-9-4-3-5-14-9/h3-5,8,11H,6-7H2,1-2H3,(H,12,13). The van der Waals surface area contributed by atoms with Gasteiger partial charge in [-0.05, 0) is 25.4 Å². The molecule has 1 rings (SSSR count). The van der Waals surface area contributed by atoms with Gasteiger partial charge >= 0.3 is 0 Å². The number of amides is 1. The topological polar surface area (TPSA) is 41.1 Å². The smallest absolute Gasteiger partial charge is 0.234 e. The van der Waals surface area contributed by atoms with Crippen molar-refractivity contribution in [2.45, 2.75) is 19.4 Å². The Bertz CT molecular complexity index is 272. The molecule has 0 aliphatic rings. The Labute approximate surface area is 88.5 Å². The SMILES string of the molecule is CNCC(=O)NC(C)Cc1cccs1. The van der Waals surface area contributed by atoms with Crippen molar-refractivity contribution < 1.29 is 4.79 Å². The highest BCUT2D eigenvalue weighted by Gasteiger charge is 2.07. The molecule has 0 saturated carbocycles. The zero-order chi connectivity index (χ0) is 10.4. The molecule has 0 radical (unpaired) electrons. The lowest BCUT2D eigenvalue weighted by molar-refractivity contribution is -0.120. The summed E-state index contributed by atoms with van der Waals surface area (Å²) in [6.45, 7) is 2.40. The van der Waals surface area contributed by atoms with Gasteiger partial charge in [-0.1, -0.05) is 6.07 Å². The van der Waals surface area contributed by atoms with Crippen molar-refractivity contribution in [3.05, 3.63) is 22.4 Å². The van der Waals surface area contributed by atoms with Crippen LogP contribution in [0, 0.1) is 0 Å². The Kier molecular flexibility index (Phi) is 4.62. The lowest BCUT2D eigenvalue weighted by Crippen LogP contribution is -2.38. The van der Waals surface area contributed by atoms with E-state index in [1.54, 1.807) is 18.4 Å². The molecule has 1 aromatic heterocycles. The fourth-order valence-electron chi connectivity index (χ4n) is 1.27. The zero-order valence-corrected chi connectivity index (χ0v) is 9.36. The van der Waals surface area contributed by atoms with Gasteiger partial charge in [0.05, 0.1) is 6.54 Å². The normalized spacial score (nSPS) is 12.4. The van der Waals surface area contributed by atoms with Gasteiger partial charge in [0.1, 0.15) is 0 Å². The molecule has 0 fully saturated rings. The fraction of sp³-hybridized carbons (Fsp3) is 0.500. The first-order valence-corrected chi connectivity index (χ1v) is 5.56. The summed E-state index contributed by atoms with van der Waals surface area (Å²) in [4.78, 5) is 12.5. The van der Waals surface area contributed by atoms with Crippen molar-refractivity contribution in [2.75, 3.05) is 13.6 Å². The van der Waals surface area contributed by atoms with E-state index in [0.717, 1.165) is 6.42 Å². The molecule has 0 spiro atoms. The third-order valence-corrected chi connectivity index (χ3v) is 2.73. The maximum atomic E-state index is 11.2. The van der Waals surface area contributed by atoms with Crippen LogP contribution >= 0.6 is 11.3 Å². The van der Waals surface area contributed by atoms with Gasteiger partial charge in [-0.15, -0.1) is 11.3 Å². The Morgan fingerprint density at radius 3 is 3.00 bits per heavy atom. The van der Waals surface area contributed by atoms with E-state index >= 15 is 0 Å². The summed E-state index contributed by atoms with van der Waals surface area (Å²) in [5, 5.41) is 7.80. The van der Waals surface area contributed by atoms with Crippen LogP contribution in [0.3, 0.4) is 0 Å². The first-order valence-electron chi connectivity index (χ1n) is 4.68. The molecule has 1 aromatic rings. The van der Waals surface area contributed by atoms with Gasteiger partial charge in [-0.2, -0.15) is 0 Å². The monoisotopic (exact) mass is 212 g/mol. The van der Waals surface area contributed by atoms with Crippen LogP contribution in [-0.2, 0) is 11.2 Å². The minimum absolute atomic E-state index is 0.0524. The number of rotatable bonds is 5. The van der Waals surface area contributed by atoms with Crippen LogP contribution in [0.1, 0.15) is 11.8 Å². The molecule has 1 heterocycles. The summed E-state index contributed by atoms with van der Waals surface area (Å²) in [5.74, 6) is 0.0524. The van der Waals surface area contributed by atoms with Crippen molar-refractivity contribution >= 4 is 17.2 Å². The van der Waals surface area contributed by atoms with E-state index in [1.165, 1.54) is 4.88 Å². The van der Waals surface area contributed by atoms with Crippen molar-refractivity contribution in [2.24, 2.45) is 0 Å². The molecular weight excluding hydrogens is 196 g/mol. The lowest BCUT2D eigenvalue weighted by atomic mass is 10.2. The highest BCUT2D eigenvalue weighted by atomic mass is 32.1. The van der Waals surface area contributed by atoms with Crippen LogP contribution in [0.25, 0.3) is 0 Å². The first-order chi connectivity index (χ1) is 6.72. The summed E-state index contributed by atoms with van der Waals surface area (Å²) < 4.78 is 0. The van der Waals surface area contributed by atoms with E-state index in [1.807, 2.05) is 13.0 Å². The van der Waals surface area contributed by atoms with Crippen LogP contribution in [-0.4, -0.2) is 25.5 Å². The molecular formula is C10H16N2OS. The quantitative estimate of drug-likeness (QED) is 0.765. The van der Waals surface area contributed by atoms with Crippen LogP contribution in [0.15, 0.2) is 17.5 Å². The van der Waals surface area contributed by atoms with Crippen molar-refractivity contribution in [1.82, 2.24) is 10.6 Å². The van der Waals surface area contributed by atoms with Crippen molar-refractivity contribution in [3.63, 3.8) is 0 Å². The summed E-state index contributed by atoms with van der Waals surface area (Å²) in [6.07, 6.45) is 0.910. The molecule has 1 atom stereocenters. The number of hydrogen-bond donors (Lipinski definition) is 2. The predicted molar refractivity (Wildman–Crippen MR) is 59.6 cm³/mol. The molecule has 3 nitrogen and oxygen atoms in total. The van der Waals surface area contributed by atoms with Crippen molar-refractivity contribution in [1.29, 1.82) is 0 Å². The largest absolute Gasteiger partial charge is 0.352 e. The summed E-state index contributed by atoms with van der Waals surface area (Å²) >= 11 is 1.72. The predicted octanol–water partition coefficient (Wildman–Crippen LogP) is 1.01. The number of thiophene rings is 1. The van der Waals surface area contributed by atoms with Gasteiger partial charge < -0.3 is 10.6 Å². The molecule has 1 amide bonds. The molecule has 0 bridgehead atoms. The Hall–Kier alpha value is -0.870. The van der Waals surface area contributed by atoms with E-state index in [-0.39, 0.29) is 11.9 Å². The summed E-state index contributed by atoms with van der Waals surface area (Å²) in [5.41, 5.74) is 0. The molecule has 78 valence electrons. The highest BCUT2D eigenvalue weighted by Crippen LogP contribution is 2.10. The molecule has 14 heavy (non-hydrogen) atoms. The van der Waals surface area contributed by atoms with Gasteiger partial charge in [0.15, 0.2) is 0 Å². The van der Waals surface area contributed by atoms with Gasteiger partial charge in [0.25, 0.3) is 0 Å². The second kappa shape index (κ2) is 5.78. The van der Waals surface area contributed by atoms with Gasteiger partial charge in [0.2, 0.25) is 5.91 Å². The van der Waals surface area contributed by atoms with E-state index in [9.17, 15) is 4.79 Å². The second-order valence-corrected chi connectivity index (χ2v) is 4.31.